The average molecular weight is 329 g/mol. The molecule has 0 aliphatic carbocycles. The minimum atomic E-state index is -0.281. The number of carbonyl (C=O) groups is 2. The number of likely N-dealkylation sites (N-methyl/N-ethyl adjacent to an activating group) is 1. The highest BCUT2D eigenvalue weighted by Crippen LogP contribution is 2.20. The Balaban J connectivity index is 2.12. The Labute approximate surface area is 141 Å². The zero-order valence-corrected chi connectivity index (χ0v) is 14.2. The Morgan fingerprint density at radius 1 is 1.21 bits per heavy atom. The fourth-order valence-electron chi connectivity index (χ4n) is 2.32. The Morgan fingerprint density at radius 3 is 2.71 bits per heavy atom. The summed E-state index contributed by atoms with van der Waals surface area (Å²) in [5.41, 5.74) is 0.983. The molecule has 0 saturated carbocycles. The Hall–Kier alpha value is -2.67. The third kappa shape index (κ3) is 4.92. The summed E-state index contributed by atoms with van der Waals surface area (Å²) in [4.78, 5) is 29.4. The summed E-state index contributed by atoms with van der Waals surface area (Å²) in [7, 11) is 3.70. The molecule has 3 amide bonds. The second-order valence-corrected chi connectivity index (χ2v) is 5.71. The van der Waals surface area contributed by atoms with Gasteiger partial charge < -0.3 is 15.5 Å². The molecule has 0 bridgehead atoms. The minimum Gasteiger partial charge on any atom is -0.351 e. The summed E-state index contributed by atoms with van der Waals surface area (Å²) in [6, 6.07) is 7.36. The van der Waals surface area contributed by atoms with E-state index in [0.29, 0.717) is 25.5 Å². The van der Waals surface area contributed by atoms with Gasteiger partial charge in [0.25, 0.3) is 0 Å². The van der Waals surface area contributed by atoms with Crippen molar-refractivity contribution in [1.29, 1.82) is 0 Å². The van der Waals surface area contributed by atoms with Gasteiger partial charge >= 0.3 is 6.03 Å². The van der Waals surface area contributed by atoms with E-state index in [1.807, 2.05) is 50.2 Å². The summed E-state index contributed by atoms with van der Waals surface area (Å²) >= 11 is 0. The molecule has 0 aliphatic heterocycles. The number of fused-ring (bicyclic) bond motifs is 1. The second kappa shape index (κ2) is 8.26. The number of amides is 3. The highest BCUT2D eigenvalue weighted by atomic mass is 16.2. The van der Waals surface area contributed by atoms with Crippen molar-refractivity contribution in [2.24, 2.45) is 0 Å². The van der Waals surface area contributed by atoms with Gasteiger partial charge in [0.2, 0.25) is 5.91 Å². The van der Waals surface area contributed by atoms with Gasteiger partial charge in [0.05, 0.1) is 6.54 Å². The first-order chi connectivity index (χ1) is 11.5. The van der Waals surface area contributed by atoms with E-state index in [1.54, 1.807) is 6.20 Å². The van der Waals surface area contributed by atoms with Crippen LogP contribution >= 0.6 is 0 Å². The number of nitrogens with zero attached hydrogens (tertiary/aromatic N) is 2. The number of nitrogens with one attached hydrogen (secondary N) is 3. The van der Waals surface area contributed by atoms with Crippen molar-refractivity contribution in [1.82, 2.24) is 20.5 Å². The van der Waals surface area contributed by atoms with Gasteiger partial charge in [-0.05, 0) is 38.0 Å². The summed E-state index contributed by atoms with van der Waals surface area (Å²) in [5.74, 6) is 0.460. The number of pyridine rings is 1. The normalized spacial score (nSPS) is 10.7. The predicted molar refractivity (Wildman–Crippen MR) is 94.8 cm³/mol. The van der Waals surface area contributed by atoms with Crippen molar-refractivity contribution in [3.63, 3.8) is 0 Å². The van der Waals surface area contributed by atoms with Gasteiger partial charge in [0.1, 0.15) is 5.82 Å². The molecule has 3 N–H and O–H groups in total. The molecule has 7 heteroatoms. The first-order valence-corrected chi connectivity index (χ1v) is 7.83. The molecule has 1 aromatic carbocycles. The largest absolute Gasteiger partial charge is 0.351 e. The maximum atomic E-state index is 11.8. The zero-order chi connectivity index (χ0) is 17.5. The molecule has 1 heterocycles. The van der Waals surface area contributed by atoms with Crippen molar-refractivity contribution < 1.29 is 9.59 Å². The van der Waals surface area contributed by atoms with E-state index in [1.165, 1.54) is 0 Å². The molecule has 7 nitrogen and oxygen atoms in total. The van der Waals surface area contributed by atoms with Crippen LogP contribution in [0.2, 0.25) is 0 Å². The van der Waals surface area contributed by atoms with Gasteiger partial charge in [0, 0.05) is 24.7 Å². The van der Waals surface area contributed by atoms with E-state index in [-0.39, 0.29) is 11.9 Å². The van der Waals surface area contributed by atoms with Gasteiger partial charge in [-0.3, -0.25) is 10.1 Å². The van der Waals surface area contributed by atoms with E-state index in [2.05, 4.69) is 20.9 Å². The van der Waals surface area contributed by atoms with Gasteiger partial charge in [-0.15, -0.1) is 0 Å². The summed E-state index contributed by atoms with van der Waals surface area (Å²) in [6.45, 7) is 3.19. The molecule has 0 atom stereocenters. The van der Waals surface area contributed by atoms with Crippen LogP contribution in [-0.2, 0) is 11.3 Å². The van der Waals surface area contributed by atoms with Crippen molar-refractivity contribution in [3.8, 4) is 0 Å². The summed E-state index contributed by atoms with van der Waals surface area (Å²) in [5, 5.41) is 10.2. The molecule has 0 fully saturated rings. The first kappa shape index (κ1) is 17.7. The number of hydrogen-bond acceptors (Lipinski definition) is 4. The van der Waals surface area contributed by atoms with Crippen molar-refractivity contribution >= 4 is 28.5 Å². The number of benzene rings is 1. The van der Waals surface area contributed by atoms with E-state index in [4.69, 9.17) is 0 Å². The highest BCUT2D eigenvalue weighted by molar-refractivity contribution is 5.92. The molecule has 0 radical (unpaired) electrons. The lowest BCUT2D eigenvalue weighted by molar-refractivity contribution is -0.121. The lowest BCUT2D eigenvalue weighted by Crippen LogP contribution is -2.32. The van der Waals surface area contributed by atoms with Crippen LogP contribution in [0.4, 0.5) is 10.6 Å². The zero-order valence-electron chi connectivity index (χ0n) is 14.2. The van der Waals surface area contributed by atoms with Crippen LogP contribution < -0.4 is 16.0 Å². The van der Waals surface area contributed by atoms with Gasteiger partial charge in [-0.1, -0.05) is 18.2 Å². The van der Waals surface area contributed by atoms with E-state index < -0.39 is 0 Å². The van der Waals surface area contributed by atoms with E-state index >= 15 is 0 Å². The van der Waals surface area contributed by atoms with Crippen LogP contribution in [-0.4, -0.2) is 49.0 Å². The molecule has 0 unspecified atom stereocenters. The predicted octanol–water partition coefficient (Wildman–Crippen LogP) is 1.55. The molecular weight excluding hydrogens is 306 g/mol. The number of hydrogen-bond donors (Lipinski definition) is 3. The fourth-order valence-corrected chi connectivity index (χ4v) is 2.32. The lowest BCUT2D eigenvalue weighted by Gasteiger charge is -2.12. The third-order valence-corrected chi connectivity index (χ3v) is 3.37. The monoisotopic (exact) mass is 329 g/mol. The van der Waals surface area contributed by atoms with Crippen LogP contribution in [0.25, 0.3) is 10.8 Å². The number of urea groups is 1. The first-order valence-electron chi connectivity index (χ1n) is 7.83. The second-order valence-electron chi connectivity index (χ2n) is 5.71. The molecule has 0 saturated heterocycles. The van der Waals surface area contributed by atoms with Crippen LogP contribution in [0, 0.1) is 0 Å². The minimum absolute atomic E-state index is 0.0283. The molecule has 2 rings (SSSR count). The fraction of sp³-hybridized carbons (Fsp3) is 0.353. The number of anilines is 1. The summed E-state index contributed by atoms with van der Waals surface area (Å²) in [6.07, 6.45) is 1.71. The average Bonchev–Trinajstić information content (AvgIpc) is 2.52. The molecule has 2 aromatic rings. The van der Waals surface area contributed by atoms with E-state index in [0.717, 1.165) is 16.3 Å². The van der Waals surface area contributed by atoms with Crippen LogP contribution in [0.3, 0.4) is 0 Å². The van der Waals surface area contributed by atoms with Crippen LogP contribution in [0.1, 0.15) is 12.5 Å². The number of aromatic nitrogens is 1. The SMILES string of the molecule is CCNC(=O)Nc1cc2cccc(CNC(=O)CN(C)C)c2cn1. The van der Waals surface area contributed by atoms with Gasteiger partial charge in [-0.25, -0.2) is 9.78 Å². The Morgan fingerprint density at radius 2 is 2.00 bits per heavy atom. The Kier molecular flexibility index (Phi) is 6.08. The summed E-state index contributed by atoms with van der Waals surface area (Å²) < 4.78 is 0. The number of carbonyl (C=O) groups excluding carboxylic acids is 2. The molecule has 128 valence electrons. The van der Waals surface area contributed by atoms with Crippen LogP contribution in [0.5, 0.6) is 0 Å². The highest BCUT2D eigenvalue weighted by Gasteiger charge is 2.07. The quantitative estimate of drug-likeness (QED) is 0.750. The maximum absolute atomic E-state index is 11.8. The van der Waals surface area contributed by atoms with Gasteiger partial charge in [0.15, 0.2) is 0 Å². The molecule has 24 heavy (non-hydrogen) atoms. The topological polar surface area (TPSA) is 86.4 Å². The maximum Gasteiger partial charge on any atom is 0.320 e. The van der Waals surface area contributed by atoms with Gasteiger partial charge in [-0.2, -0.15) is 0 Å². The smallest absolute Gasteiger partial charge is 0.320 e. The molecule has 0 spiro atoms. The Bertz CT molecular complexity index is 730. The molecular formula is C17H23N5O2. The van der Waals surface area contributed by atoms with E-state index in [9.17, 15) is 9.59 Å². The molecule has 1 aromatic heterocycles. The van der Waals surface area contributed by atoms with Crippen LogP contribution in [0.15, 0.2) is 30.5 Å². The third-order valence-electron chi connectivity index (χ3n) is 3.37. The van der Waals surface area contributed by atoms with Crippen molar-refractivity contribution in [2.45, 2.75) is 13.5 Å². The number of rotatable bonds is 6. The van der Waals surface area contributed by atoms with Crippen molar-refractivity contribution in [2.75, 3.05) is 32.5 Å². The van der Waals surface area contributed by atoms with Crippen molar-refractivity contribution in [3.05, 3.63) is 36.0 Å². The standard InChI is InChI=1S/C17H23N5O2/c1-4-18-17(24)21-15-8-12-6-5-7-13(14(12)10-19-15)9-20-16(23)11-22(2)3/h5-8,10H,4,9,11H2,1-3H3,(H,20,23)(H2,18,19,21,24). The molecule has 0 aliphatic rings. The lowest BCUT2D eigenvalue weighted by atomic mass is 10.1.